The smallest absolute Gasteiger partial charge is 0.333 e. The van der Waals surface area contributed by atoms with Crippen LogP contribution >= 0.6 is 0 Å². The van der Waals surface area contributed by atoms with Crippen molar-refractivity contribution in [1.29, 1.82) is 0 Å². The van der Waals surface area contributed by atoms with Crippen LogP contribution in [0.1, 0.15) is 117 Å². The second kappa shape index (κ2) is 18.5. The Morgan fingerprint density at radius 2 is 1.08 bits per heavy atom. The molecular weight excluding hydrogens is 296 g/mol. The van der Waals surface area contributed by atoms with Gasteiger partial charge in [-0.15, -0.1) is 0 Å². The van der Waals surface area contributed by atoms with Gasteiger partial charge in [0, 0.05) is 5.57 Å². The molecule has 0 saturated heterocycles. The molecule has 0 saturated carbocycles. The fourth-order valence-electron chi connectivity index (χ4n) is 2.90. The molecule has 0 aliphatic heterocycles. The highest BCUT2D eigenvalue weighted by Gasteiger charge is 2.07. The van der Waals surface area contributed by atoms with Gasteiger partial charge < -0.3 is 4.74 Å². The van der Waals surface area contributed by atoms with Gasteiger partial charge in [0.05, 0.1) is 6.61 Å². The van der Waals surface area contributed by atoms with E-state index in [1.54, 1.807) is 0 Å². The number of rotatable bonds is 18. The van der Waals surface area contributed by atoms with Crippen LogP contribution in [0.5, 0.6) is 0 Å². The van der Waals surface area contributed by atoms with Gasteiger partial charge >= 0.3 is 5.97 Å². The lowest BCUT2D eigenvalue weighted by Gasteiger charge is -2.07. The lowest BCUT2D eigenvalue weighted by atomic mass is 10.0. The first-order chi connectivity index (χ1) is 11.7. The Hall–Kier alpha value is -0.790. The molecule has 0 spiro atoms. The van der Waals surface area contributed by atoms with E-state index in [1.807, 2.05) is 0 Å². The lowest BCUT2D eigenvalue weighted by molar-refractivity contribution is -0.139. The van der Waals surface area contributed by atoms with Crippen molar-refractivity contribution in [1.82, 2.24) is 0 Å². The van der Waals surface area contributed by atoms with E-state index in [4.69, 9.17) is 4.74 Å². The predicted octanol–water partition coefficient (Wildman–Crippen LogP) is 7.37. The van der Waals surface area contributed by atoms with E-state index < -0.39 is 0 Å². The molecule has 0 aromatic heterocycles. The molecule has 0 rings (SSSR count). The Labute approximate surface area is 151 Å². The quantitative estimate of drug-likeness (QED) is 0.148. The van der Waals surface area contributed by atoms with E-state index in [-0.39, 0.29) is 5.97 Å². The summed E-state index contributed by atoms with van der Waals surface area (Å²) in [5, 5.41) is 0. The first-order valence-corrected chi connectivity index (χ1v) is 10.6. The summed E-state index contributed by atoms with van der Waals surface area (Å²) in [6.07, 6.45) is 19.9. The van der Waals surface area contributed by atoms with Crippen molar-refractivity contribution in [3.05, 3.63) is 12.2 Å². The standard InChI is InChI=1S/C22H42O2/c1-4-6-8-10-11-12-13-14-15-17-19-21(3)22(23)24-20-18-16-9-7-5-2/h3-20H2,1-2H3. The Morgan fingerprint density at radius 3 is 1.58 bits per heavy atom. The van der Waals surface area contributed by atoms with Gasteiger partial charge in [0.25, 0.3) is 0 Å². The Bertz CT molecular complexity index is 296. The van der Waals surface area contributed by atoms with Gasteiger partial charge in [0.2, 0.25) is 0 Å². The second-order valence-corrected chi connectivity index (χ2v) is 7.09. The van der Waals surface area contributed by atoms with E-state index >= 15 is 0 Å². The third-order valence-electron chi connectivity index (χ3n) is 4.60. The topological polar surface area (TPSA) is 26.3 Å². The Balaban J connectivity index is 3.34. The number of carbonyl (C=O) groups excluding carboxylic acids is 1. The minimum atomic E-state index is -0.179. The van der Waals surface area contributed by atoms with Gasteiger partial charge in [-0.2, -0.15) is 0 Å². The average molecular weight is 339 g/mol. The highest BCUT2D eigenvalue weighted by atomic mass is 16.5. The lowest BCUT2D eigenvalue weighted by Crippen LogP contribution is -2.08. The van der Waals surface area contributed by atoms with E-state index in [9.17, 15) is 4.79 Å². The third kappa shape index (κ3) is 16.1. The highest BCUT2D eigenvalue weighted by molar-refractivity contribution is 5.87. The summed E-state index contributed by atoms with van der Waals surface area (Å²) in [6.45, 7) is 8.91. The summed E-state index contributed by atoms with van der Waals surface area (Å²) in [5.41, 5.74) is 0.656. The molecule has 0 heterocycles. The maximum absolute atomic E-state index is 11.8. The fraction of sp³-hybridized carbons (Fsp3) is 0.864. The highest BCUT2D eigenvalue weighted by Crippen LogP contribution is 2.14. The van der Waals surface area contributed by atoms with Crippen LogP contribution in [0.25, 0.3) is 0 Å². The van der Waals surface area contributed by atoms with Crippen LogP contribution in [-0.4, -0.2) is 12.6 Å². The number of hydrogen-bond donors (Lipinski definition) is 0. The predicted molar refractivity (Wildman–Crippen MR) is 105 cm³/mol. The molecular formula is C22H42O2. The van der Waals surface area contributed by atoms with Crippen LogP contribution in [0.15, 0.2) is 12.2 Å². The molecule has 0 aliphatic rings. The number of unbranched alkanes of at least 4 members (excludes halogenated alkanes) is 13. The summed E-state index contributed by atoms with van der Waals surface area (Å²) in [4.78, 5) is 11.8. The maximum atomic E-state index is 11.8. The number of hydrogen-bond acceptors (Lipinski definition) is 2. The Morgan fingerprint density at radius 1 is 0.667 bits per heavy atom. The second-order valence-electron chi connectivity index (χ2n) is 7.09. The first kappa shape index (κ1) is 23.2. The molecule has 0 aliphatic carbocycles. The molecule has 0 aromatic carbocycles. The van der Waals surface area contributed by atoms with Crippen LogP contribution in [0.2, 0.25) is 0 Å². The zero-order valence-corrected chi connectivity index (χ0v) is 16.5. The van der Waals surface area contributed by atoms with Crippen molar-refractivity contribution in [2.45, 2.75) is 117 Å². The van der Waals surface area contributed by atoms with Gasteiger partial charge in [0.15, 0.2) is 0 Å². The van der Waals surface area contributed by atoms with Crippen LogP contribution in [-0.2, 0) is 9.53 Å². The van der Waals surface area contributed by atoms with Crippen molar-refractivity contribution in [2.24, 2.45) is 0 Å². The van der Waals surface area contributed by atoms with Crippen molar-refractivity contribution in [3.8, 4) is 0 Å². The summed E-state index contributed by atoms with van der Waals surface area (Å²) in [7, 11) is 0. The monoisotopic (exact) mass is 338 g/mol. The van der Waals surface area contributed by atoms with E-state index in [0.29, 0.717) is 12.2 Å². The van der Waals surface area contributed by atoms with Gasteiger partial charge in [-0.3, -0.25) is 0 Å². The molecule has 0 unspecified atom stereocenters. The molecule has 2 heteroatoms. The van der Waals surface area contributed by atoms with Crippen LogP contribution < -0.4 is 0 Å². The number of carbonyl (C=O) groups is 1. The van der Waals surface area contributed by atoms with Crippen molar-refractivity contribution in [2.75, 3.05) is 6.61 Å². The molecule has 0 atom stereocenters. The zero-order valence-electron chi connectivity index (χ0n) is 16.5. The summed E-state index contributed by atoms with van der Waals surface area (Å²) in [6, 6.07) is 0. The molecule has 0 radical (unpaired) electrons. The maximum Gasteiger partial charge on any atom is 0.333 e. The minimum absolute atomic E-state index is 0.179. The molecule has 2 nitrogen and oxygen atoms in total. The molecule has 0 fully saturated rings. The normalized spacial score (nSPS) is 10.8. The Kier molecular flexibility index (Phi) is 17.9. The summed E-state index contributed by atoms with van der Waals surface area (Å²) < 4.78 is 5.29. The fourth-order valence-corrected chi connectivity index (χ4v) is 2.90. The first-order valence-electron chi connectivity index (χ1n) is 10.6. The minimum Gasteiger partial charge on any atom is -0.462 e. The third-order valence-corrected chi connectivity index (χ3v) is 4.60. The molecule has 0 N–H and O–H groups in total. The van der Waals surface area contributed by atoms with Crippen LogP contribution in [0.3, 0.4) is 0 Å². The molecule has 142 valence electrons. The van der Waals surface area contributed by atoms with Crippen LogP contribution in [0.4, 0.5) is 0 Å². The molecule has 24 heavy (non-hydrogen) atoms. The largest absolute Gasteiger partial charge is 0.462 e. The van der Waals surface area contributed by atoms with E-state index in [0.717, 1.165) is 25.7 Å². The zero-order chi connectivity index (χ0) is 17.9. The number of ether oxygens (including phenoxy) is 1. The molecule has 0 bridgehead atoms. The van der Waals surface area contributed by atoms with Crippen LogP contribution in [0, 0.1) is 0 Å². The van der Waals surface area contributed by atoms with Gasteiger partial charge in [-0.05, 0) is 19.3 Å². The summed E-state index contributed by atoms with van der Waals surface area (Å²) >= 11 is 0. The van der Waals surface area contributed by atoms with Gasteiger partial charge in [-0.25, -0.2) is 4.79 Å². The average Bonchev–Trinajstić information content (AvgIpc) is 2.59. The van der Waals surface area contributed by atoms with Crippen molar-refractivity contribution >= 4 is 5.97 Å². The van der Waals surface area contributed by atoms with Gasteiger partial charge in [-0.1, -0.05) is 104 Å². The molecule has 0 amide bonds. The van der Waals surface area contributed by atoms with Crippen molar-refractivity contribution < 1.29 is 9.53 Å². The SMILES string of the molecule is C=C(CCCCCCCCCCCC)C(=O)OCCCCCCC. The number of esters is 1. The van der Waals surface area contributed by atoms with Gasteiger partial charge in [0.1, 0.15) is 0 Å². The van der Waals surface area contributed by atoms with Crippen molar-refractivity contribution in [3.63, 3.8) is 0 Å². The molecule has 0 aromatic rings. The summed E-state index contributed by atoms with van der Waals surface area (Å²) in [5.74, 6) is -0.179. The van der Waals surface area contributed by atoms with E-state index in [1.165, 1.54) is 77.0 Å². The van der Waals surface area contributed by atoms with E-state index in [2.05, 4.69) is 20.4 Å².